The SMILES string of the molecule is CC(C)Cc1cn(CCOCCOCCOCCOCCC(=O)NC(CCC(=O)O)C(=O)NC(C(=O)NC(CCCNC(N)=O)C(=O)C(C)C)C(C)C)nn1. The molecule has 1 aromatic heterocycles. The van der Waals surface area contributed by atoms with Crippen LogP contribution in [0.15, 0.2) is 6.20 Å². The summed E-state index contributed by atoms with van der Waals surface area (Å²) in [6.07, 6.45) is 2.69. The van der Waals surface area contributed by atoms with Crippen molar-refractivity contribution in [1.29, 1.82) is 0 Å². The van der Waals surface area contributed by atoms with Crippen LogP contribution in [0.2, 0.25) is 0 Å². The molecule has 19 nitrogen and oxygen atoms in total. The summed E-state index contributed by atoms with van der Waals surface area (Å²) in [6.45, 7) is 14.5. The van der Waals surface area contributed by atoms with E-state index in [0.717, 1.165) is 12.1 Å². The molecule has 0 saturated carbocycles. The van der Waals surface area contributed by atoms with E-state index in [1.807, 2.05) is 6.20 Å². The molecular formula is C36H64N8O11. The van der Waals surface area contributed by atoms with Crippen LogP contribution < -0.4 is 27.0 Å². The van der Waals surface area contributed by atoms with Crippen molar-refractivity contribution >= 4 is 35.5 Å². The Hall–Kier alpha value is -4.20. The van der Waals surface area contributed by atoms with Crippen LogP contribution in [0.3, 0.4) is 0 Å². The van der Waals surface area contributed by atoms with Crippen molar-refractivity contribution in [1.82, 2.24) is 36.3 Å². The lowest BCUT2D eigenvalue weighted by Gasteiger charge is -2.27. The van der Waals surface area contributed by atoms with Gasteiger partial charge in [0.1, 0.15) is 12.1 Å². The standard InChI is InChI=1S/C36H64N8O11/c1-24(2)22-27-23-44(43-42-27)13-15-53-17-19-55-21-20-54-18-16-52-14-11-30(45)39-29(9-10-31(46)47)34(49)41-32(25(3)4)35(50)40-28(33(48)26(5)6)8-7-12-38-36(37)51/h23-26,28-29,32H,7-22H2,1-6H3,(H,39,45)(H,40,50)(H,41,49)(H,46,47)(H3,37,38,51). The van der Waals surface area contributed by atoms with Gasteiger partial charge in [-0.05, 0) is 37.5 Å². The molecule has 1 heterocycles. The number of urea groups is 1. The third-order valence-electron chi connectivity index (χ3n) is 8.00. The van der Waals surface area contributed by atoms with Crippen molar-refractivity contribution in [2.75, 3.05) is 59.4 Å². The molecule has 0 saturated heterocycles. The third-order valence-corrected chi connectivity index (χ3v) is 8.00. The summed E-state index contributed by atoms with van der Waals surface area (Å²) in [7, 11) is 0. The minimum absolute atomic E-state index is 0.0290. The summed E-state index contributed by atoms with van der Waals surface area (Å²) in [5.41, 5.74) is 6.06. The number of primary amides is 1. The second-order valence-corrected chi connectivity index (χ2v) is 14.1. The Kier molecular flexibility index (Phi) is 25.1. The number of rotatable bonds is 32. The van der Waals surface area contributed by atoms with Gasteiger partial charge in [0, 0.05) is 31.5 Å². The fraction of sp³-hybridized carbons (Fsp3) is 0.778. The molecule has 0 bridgehead atoms. The Balaban J connectivity index is 2.41. The van der Waals surface area contributed by atoms with Crippen molar-refractivity contribution in [3.8, 4) is 0 Å². The number of carbonyl (C=O) groups is 6. The zero-order chi connectivity index (χ0) is 41.2. The third kappa shape index (κ3) is 23.4. The number of nitrogens with zero attached hydrogens (tertiary/aromatic N) is 3. The summed E-state index contributed by atoms with van der Waals surface area (Å²) >= 11 is 0. The molecule has 0 radical (unpaired) electrons. The summed E-state index contributed by atoms with van der Waals surface area (Å²) in [5, 5.41) is 27.8. The van der Waals surface area contributed by atoms with Crippen LogP contribution in [0.25, 0.3) is 0 Å². The highest BCUT2D eigenvalue weighted by atomic mass is 16.6. The minimum Gasteiger partial charge on any atom is -0.481 e. The summed E-state index contributed by atoms with van der Waals surface area (Å²) in [4.78, 5) is 74.4. The maximum absolute atomic E-state index is 13.3. The minimum atomic E-state index is -1.24. The molecule has 0 aliphatic carbocycles. The molecule has 0 aliphatic heterocycles. The van der Waals surface area contributed by atoms with Crippen LogP contribution in [-0.2, 0) is 55.9 Å². The Labute approximate surface area is 323 Å². The number of Topliss-reactive ketones (excluding diaryl/α,β-unsaturated/α-hetero) is 1. The highest BCUT2D eigenvalue weighted by Crippen LogP contribution is 2.10. The summed E-state index contributed by atoms with van der Waals surface area (Å²) < 4.78 is 23.8. The number of carbonyl (C=O) groups excluding carboxylic acids is 5. The van der Waals surface area contributed by atoms with Gasteiger partial charge in [-0.3, -0.25) is 24.0 Å². The maximum Gasteiger partial charge on any atom is 0.312 e. The monoisotopic (exact) mass is 784 g/mol. The van der Waals surface area contributed by atoms with Gasteiger partial charge in [0.05, 0.1) is 71.1 Å². The van der Waals surface area contributed by atoms with E-state index in [2.05, 4.69) is 45.4 Å². The number of nitrogens with one attached hydrogen (secondary N) is 4. The molecule has 0 aliphatic rings. The normalized spacial score (nSPS) is 13.0. The van der Waals surface area contributed by atoms with E-state index in [-0.39, 0.29) is 51.4 Å². The first kappa shape index (κ1) is 48.8. The second-order valence-electron chi connectivity index (χ2n) is 14.1. The smallest absolute Gasteiger partial charge is 0.312 e. The maximum atomic E-state index is 13.3. The van der Waals surface area contributed by atoms with Crippen LogP contribution >= 0.6 is 0 Å². The van der Waals surface area contributed by atoms with Gasteiger partial charge in [0.2, 0.25) is 17.7 Å². The number of carboxylic acids is 1. The molecule has 55 heavy (non-hydrogen) atoms. The lowest BCUT2D eigenvalue weighted by Crippen LogP contribution is -2.57. The first-order chi connectivity index (χ1) is 26.1. The molecule has 1 rings (SSSR count). The number of ketones is 1. The molecule has 3 atom stereocenters. The number of amides is 5. The predicted octanol–water partition coefficient (Wildman–Crippen LogP) is 0.582. The van der Waals surface area contributed by atoms with Gasteiger partial charge in [0.25, 0.3) is 0 Å². The highest BCUT2D eigenvalue weighted by Gasteiger charge is 2.32. The van der Waals surface area contributed by atoms with Gasteiger partial charge in [-0.2, -0.15) is 0 Å². The van der Waals surface area contributed by atoms with E-state index in [0.29, 0.717) is 51.9 Å². The van der Waals surface area contributed by atoms with E-state index in [1.54, 1.807) is 32.4 Å². The van der Waals surface area contributed by atoms with Crippen LogP contribution in [-0.4, -0.2) is 133 Å². The van der Waals surface area contributed by atoms with Gasteiger partial charge in [0.15, 0.2) is 5.78 Å². The predicted molar refractivity (Wildman–Crippen MR) is 201 cm³/mol. The lowest BCUT2D eigenvalue weighted by atomic mass is 9.96. The number of hydrogen-bond donors (Lipinski definition) is 6. The van der Waals surface area contributed by atoms with E-state index >= 15 is 0 Å². The Morgan fingerprint density at radius 1 is 0.764 bits per heavy atom. The van der Waals surface area contributed by atoms with E-state index in [9.17, 15) is 33.9 Å². The fourth-order valence-corrected chi connectivity index (χ4v) is 5.10. The zero-order valence-corrected chi connectivity index (χ0v) is 33.3. The van der Waals surface area contributed by atoms with Gasteiger partial charge < -0.3 is 51.1 Å². The van der Waals surface area contributed by atoms with Crippen molar-refractivity contribution in [2.24, 2.45) is 23.5 Å². The van der Waals surface area contributed by atoms with Crippen LogP contribution in [0.5, 0.6) is 0 Å². The summed E-state index contributed by atoms with van der Waals surface area (Å²) in [6, 6.07) is -3.92. The average Bonchev–Trinajstić information content (AvgIpc) is 3.55. The van der Waals surface area contributed by atoms with Gasteiger partial charge >= 0.3 is 12.0 Å². The first-order valence-electron chi connectivity index (χ1n) is 19.0. The van der Waals surface area contributed by atoms with Crippen LogP contribution in [0.4, 0.5) is 4.79 Å². The molecule has 314 valence electrons. The fourth-order valence-electron chi connectivity index (χ4n) is 5.10. The number of carboxylic acid groups (broad SMARTS) is 1. The van der Waals surface area contributed by atoms with Gasteiger partial charge in [-0.1, -0.05) is 46.8 Å². The van der Waals surface area contributed by atoms with E-state index < -0.39 is 66.1 Å². The molecule has 0 aromatic carbocycles. The number of hydrogen-bond acceptors (Lipinski definition) is 12. The molecule has 7 N–H and O–H groups in total. The topological polar surface area (TPSA) is 264 Å². The van der Waals surface area contributed by atoms with Crippen molar-refractivity contribution in [3.05, 3.63) is 11.9 Å². The molecule has 3 unspecified atom stereocenters. The zero-order valence-electron chi connectivity index (χ0n) is 33.3. The highest BCUT2D eigenvalue weighted by molar-refractivity contribution is 5.95. The lowest BCUT2D eigenvalue weighted by molar-refractivity contribution is -0.138. The largest absolute Gasteiger partial charge is 0.481 e. The van der Waals surface area contributed by atoms with Crippen molar-refractivity contribution < 1.29 is 52.8 Å². The Morgan fingerprint density at radius 3 is 1.91 bits per heavy atom. The average molecular weight is 785 g/mol. The number of aromatic nitrogens is 3. The number of nitrogens with two attached hydrogens (primary N) is 1. The molecule has 0 fully saturated rings. The van der Waals surface area contributed by atoms with Crippen molar-refractivity contribution in [2.45, 2.75) is 105 Å². The van der Waals surface area contributed by atoms with Gasteiger partial charge in [-0.25, -0.2) is 9.48 Å². The number of aliphatic carboxylic acids is 1. The second kappa shape index (κ2) is 28.2. The van der Waals surface area contributed by atoms with E-state index in [4.69, 9.17) is 24.7 Å². The Bertz CT molecular complexity index is 1310. The van der Waals surface area contributed by atoms with Crippen molar-refractivity contribution in [3.63, 3.8) is 0 Å². The molecule has 19 heteroatoms. The number of ether oxygens (including phenoxy) is 4. The first-order valence-corrected chi connectivity index (χ1v) is 19.0. The molecule has 0 spiro atoms. The molecule has 5 amide bonds. The molecular weight excluding hydrogens is 720 g/mol. The molecule has 1 aromatic rings. The van der Waals surface area contributed by atoms with Gasteiger partial charge in [-0.15, -0.1) is 5.10 Å². The quantitative estimate of drug-likeness (QED) is 0.0547. The van der Waals surface area contributed by atoms with E-state index in [1.165, 1.54) is 0 Å². The van der Waals surface area contributed by atoms with Crippen LogP contribution in [0.1, 0.15) is 79.3 Å². The Morgan fingerprint density at radius 2 is 1.36 bits per heavy atom. The van der Waals surface area contributed by atoms with Crippen LogP contribution in [0, 0.1) is 17.8 Å². The summed E-state index contributed by atoms with van der Waals surface area (Å²) in [5.74, 6) is -3.59.